The molecular formula is C11H22. The topological polar surface area (TPSA) is 0 Å². The van der Waals surface area contributed by atoms with Crippen LogP contribution in [-0.4, -0.2) is 0 Å². The number of hydrogen-bond donors (Lipinski definition) is 0. The summed E-state index contributed by atoms with van der Waals surface area (Å²) >= 11 is 0. The molecule has 0 N–H and O–H groups in total. The van der Waals surface area contributed by atoms with Crippen molar-refractivity contribution in [2.75, 3.05) is 0 Å². The van der Waals surface area contributed by atoms with E-state index in [9.17, 15) is 0 Å². The van der Waals surface area contributed by atoms with Crippen molar-refractivity contribution in [3.05, 3.63) is 11.6 Å². The second-order valence-corrected chi connectivity index (χ2v) is 3.97. The van der Waals surface area contributed by atoms with Gasteiger partial charge in [0.05, 0.1) is 0 Å². The molecule has 0 fully saturated rings. The first kappa shape index (κ1) is 10.7. The molecule has 0 radical (unpaired) electrons. The van der Waals surface area contributed by atoms with Crippen LogP contribution >= 0.6 is 0 Å². The standard InChI is InChI=1S/C11H22/c1-6-10(4)8-11(5)7-9(2)3/h8-9,11H,6-7H2,1-5H3/b10-8+/t11-/m1/s1. The van der Waals surface area contributed by atoms with E-state index in [-0.39, 0.29) is 0 Å². The van der Waals surface area contributed by atoms with E-state index in [0.29, 0.717) is 0 Å². The van der Waals surface area contributed by atoms with Gasteiger partial charge in [-0.05, 0) is 31.6 Å². The van der Waals surface area contributed by atoms with E-state index in [1.165, 1.54) is 18.4 Å². The first-order valence-electron chi connectivity index (χ1n) is 4.73. The Kier molecular flexibility index (Phi) is 5.27. The van der Waals surface area contributed by atoms with E-state index in [1.54, 1.807) is 0 Å². The Morgan fingerprint density at radius 3 is 2.18 bits per heavy atom. The maximum absolute atomic E-state index is 2.40. The van der Waals surface area contributed by atoms with Crippen molar-refractivity contribution >= 4 is 0 Å². The fourth-order valence-electron chi connectivity index (χ4n) is 1.42. The molecular weight excluding hydrogens is 132 g/mol. The molecule has 0 aromatic heterocycles. The van der Waals surface area contributed by atoms with E-state index < -0.39 is 0 Å². The molecule has 0 aliphatic heterocycles. The summed E-state index contributed by atoms with van der Waals surface area (Å²) in [5.74, 6) is 1.58. The normalized spacial score (nSPS) is 15.6. The smallest absolute Gasteiger partial charge is 0.0257 e. The summed E-state index contributed by atoms with van der Waals surface area (Å²) in [6, 6.07) is 0. The highest BCUT2D eigenvalue weighted by molar-refractivity contribution is 4.99. The molecule has 0 spiro atoms. The molecule has 0 heteroatoms. The van der Waals surface area contributed by atoms with Gasteiger partial charge in [-0.1, -0.05) is 39.3 Å². The summed E-state index contributed by atoms with van der Waals surface area (Å²) in [4.78, 5) is 0. The maximum atomic E-state index is 2.40. The molecule has 0 aromatic rings. The van der Waals surface area contributed by atoms with Crippen LogP contribution in [0.15, 0.2) is 11.6 Å². The highest BCUT2D eigenvalue weighted by Gasteiger charge is 2.01. The highest BCUT2D eigenvalue weighted by atomic mass is 14.1. The molecule has 66 valence electrons. The molecule has 11 heavy (non-hydrogen) atoms. The maximum Gasteiger partial charge on any atom is -0.0257 e. The predicted molar refractivity (Wildman–Crippen MR) is 52.7 cm³/mol. The van der Waals surface area contributed by atoms with Gasteiger partial charge in [0.2, 0.25) is 0 Å². The van der Waals surface area contributed by atoms with Crippen LogP contribution in [0.1, 0.15) is 47.5 Å². The van der Waals surface area contributed by atoms with Crippen molar-refractivity contribution < 1.29 is 0 Å². The molecule has 0 saturated carbocycles. The Balaban J connectivity index is 3.75. The number of allylic oxidation sites excluding steroid dienone is 2. The first-order chi connectivity index (χ1) is 5.06. The molecule has 0 unspecified atom stereocenters. The monoisotopic (exact) mass is 154 g/mol. The van der Waals surface area contributed by atoms with E-state index in [1.807, 2.05) is 0 Å². The molecule has 0 aliphatic carbocycles. The second kappa shape index (κ2) is 5.40. The molecule has 0 bridgehead atoms. The van der Waals surface area contributed by atoms with E-state index >= 15 is 0 Å². The minimum atomic E-state index is 0.759. The fraction of sp³-hybridized carbons (Fsp3) is 0.818. The third-order valence-corrected chi connectivity index (χ3v) is 1.97. The summed E-state index contributed by atoms with van der Waals surface area (Å²) in [5.41, 5.74) is 1.53. The third-order valence-electron chi connectivity index (χ3n) is 1.97. The van der Waals surface area contributed by atoms with Crippen LogP contribution in [0.4, 0.5) is 0 Å². The average molecular weight is 154 g/mol. The molecule has 0 saturated heterocycles. The van der Waals surface area contributed by atoms with Crippen molar-refractivity contribution in [2.24, 2.45) is 11.8 Å². The van der Waals surface area contributed by atoms with Gasteiger partial charge >= 0.3 is 0 Å². The van der Waals surface area contributed by atoms with Gasteiger partial charge in [0.15, 0.2) is 0 Å². The van der Waals surface area contributed by atoms with Crippen LogP contribution in [0.3, 0.4) is 0 Å². The van der Waals surface area contributed by atoms with Crippen LogP contribution in [-0.2, 0) is 0 Å². The van der Waals surface area contributed by atoms with Crippen LogP contribution in [0.25, 0.3) is 0 Å². The number of rotatable bonds is 4. The fourth-order valence-corrected chi connectivity index (χ4v) is 1.42. The van der Waals surface area contributed by atoms with Crippen LogP contribution in [0, 0.1) is 11.8 Å². The molecule has 1 atom stereocenters. The zero-order valence-electron chi connectivity index (χ0n) is 8.65. The molecule has 0 nitrogen and oxygen atoms in total. The number of hydrogen-bond acceptors (Lipinski definition) is 0. The van der Waals surface area contributed by atoms with Gasteiger partial charge in [-0.25, -0.2) is 0 Å². The lowest BCUT2D eigenvalue weighted by molar-refractivity contribution is 0.501. The zero-order valence-corrected chi connectivity index (χ0v) is 8.65. The first-order valence-corrected chi connectivity index (χ1v) is 4.73. The molecule has 0 heterocycles. The summed E-state index contributed by atoms with van der Waals surface area (Å²) < 4.78 is 0. The summed E-state index contributed by atoms with van der Waals surface area (Å²) in [5, 5.41) is 0. The van der Waals surface area contributed by atoms with Crippen molar-refractivity contribution in [1.29, 1.82) is 0 Å². The molecule has 0 amide bonds. The summed E-state index contributed by atoms with van der Waals surface area (Å²) in [7, 11) is 0. The van der Waals surface area contributed by atoms with Crippen LogP contribution in [0.2, 0.25) is 0 Å². The zero-order chi connectivity index (χ0) is 8.85. The van der Waals surface area contributed by atoms with E-state index in [2.05, 4.69) is 40.7 Å². The van der Waals surface area contributed by atoms with Crippen molar-refractivity contribution in [3.8, 4) is 0 Å². The minimum absolute atomic E-state index is 0.759. The molecule has 0 aromatic carbocycles. The Labute approximate surface area is 71.7 Å². The largest absolute Gasteiger partial charge is 0.0828 e. The average Bonchev–Trinajstić information content (AvgIpc) is 1.85. The second-order valence-electron chi connectivity index (χ2n) is 3.97. The Hall–Kier alpha value is -0.260. The van der Waals surface area contributed by atoms with Gasteiger partial charge in [0.1, 0.15) is 0 Å². The van der Waals surface area contributed by atoms with E-state index in [0.717, 1.165) is 11.8 Å². The lowest BCUT2D eigenvalue weighted by Crippen LogP contribution is -1.97. The van der Waals surface area contributed by atoms with Gasteiger partial charge < -0.3 is 0 Å². The van der Waals surface area contributed by atoms with Crippen molar-refractivity contribution in [2.45, 2.75) is 47.5 Å². The van der Waals surface area contributed by atoms with Gasteiger partial charge in [0, 0.05) is 0 Å². The van der Waals surface area contributed by atoms with Gasteiger partial charge in [-0.3, -0.25) is 0 Å². The van der Waals surface area contributed by atoms with Gasteiger partial charge in [0.25, 0.3) is 0 Å². The lowest BCUT2D eigenvalue weighted by atomic mass is 9.96. The molecule has 0 rings (SSSR count). The Morgan fingerprint density at radius 1 is 1.27 bits per heavy atom. The van der Waals surface area contributed by atoms with Gasteiger partial charge in [-0.2, -0.15) is 0 Å². The van der Waals surface area contributed by atoms with E-state index in [4.69, 9.17) is 0 Å². The molecule has 0 aliphatic rings. The SMILES string of the molecule is CC/C(C)=C/[C@H](C)CC(C)C. The van der Waals surface area contributed by atoms with Crippen molar-refractivity contribution in [3.63, 3.8) is 0 Å². The van der Waals surface area contributed by atoms with Gasteiger partial charge in [-0.15, -0.1) is 0 Å². The Bertz CT molecular complexity index is 120. The summed E-state index contributed by atoms with van der Waals surface area (Å²) in [6.45, 7) is 11.3. The lowest BCUT2D eigenvalue weighted by Gasteiger charge is -2.10. The third kappa shape index (κ3) is 6.15. The minimum Gasteiger partial charge on any atom is -0.0828 e. The van der Waals surface area contributed by atoms with Crippen LogP contribution < -0.4 is 0 Å². The van der Waals surface area contributed by atoms with Crippen molar-refractivity contribution in [1.82, 2.24) is 0 Å². The summed E-state index contributed by atoms with van der Waals surface area (Å²) in [6.07, 6.45) is 4.92. The quantitative estimate of drug-likeness (QED) is 0.536. The predicted octanol–water partition coefficient (Wildman–Crippen LogP) is 4.02. The Morgan fingerprint density at radius 2 is 1.82 bits per heavy atom. The highest BCUT2D eigenvalue weighted by Crippen LogP contribution is 2.14. The van der Waals surface area contributed by atoms with Crippen LogP contribution in [0.5, 0.6) is 0 Å².